The lowest BCUT2D eigenvalue weighted by atomic mass is 9.98. The van der Waals surface area contributed by atoms with E-state index in [0.29, 0.717) is 35.5 Å². The maximum absolute atomic E-state index is 13.9. The van der Waals surface area contributed by atoms with Gasteiger partial charge < -0.3 is 14.6 Å². The molecule has 0 amide bonds. The molecule has 2 rings (SSSR count). The lowest BCUT2D eigenvalue weighted by Crippen LogP contribution is -2.06. The molecule has 1 N–H and O–H groups in total. The van der Waals surface area contributed by atoms with Gasteiger partial charge in [0.25, 0.3) is 0 Å². The van der Waals surface area contributed by atoms with Crippen LogP contribution >= 0.6 is 0 Å². The fourth-order valence-corrected chi connectivity index (χ4v) is 2.42. The molecule has 94 valence electrons. The zero-order valence-electron chi connectivity index (χ0n) is 10.1. The minimum Gasteiger partial charge on any atom is -0.493 e. The van der Waals surface area contributed by atoms with Gasteiger partial charge in [-0.1, -0.05) is 6.42 Å². The molecule has 4 heteroatoms. The van der Waals surface area contributed by atoms with E-state index in [1.54, 1.807) is 0 Å². The third-order valence-corrected chi connectivity index (χ3v) is 3.25. The van der Waals surface area contributed by atoms with Crippen LogP contribution in [0.3, 0.4) is 0 Å². The number of fused-ring (bicyclic) bond motifs is 1. The van der Waals surface area contributed by atoms with E-state index in [2.05, 4.69) is 0 Å². The third kappa shape index (κ3) is 2.09. The number of halogens is 1. The fraction of sp³-hybridized carbons (Fsp3) is 0.538. The minimum atomic E-state index is -0.674. The van der Waals surface area contributed by atoms with Crippen LogP contribution in [-0.2, 0) is 6.42 Å². The topological polar surface area (TPSA) is 38.7 Å². The van der Waals surface area contributed by atoms with Crippen LogP contribution in [0.2, 0.25) is 0 Å². The number of benzene rings is 1. The van der Waals surface area contributed by atoms with Crippen molar-refractivity contribution in [1.82, 2.24) is 0 Å². The Morgan fingerprint density at radius 3 is 2.71 bits per heavy atom. The molecule has 0 bridgehead atoms. The number of aliphatic hydroxyl groups excluding tert-OH is 1. The van der Waals surface area contributed by atoms with Gasteiger partial charge in [-0.15, -0.1) is 0 Å². The Morgan fingerprint density at radius 1 is 1.29 bits per heavy atom. The van der Waals surface area contributed by atoms with Crippen molar-refractivity contribution in [3.8, 4) is 11.5 Å². The van der Waals surface area contributed by atoms with Gasteiger partial charge in [0, 0.05) is 11.6 Å². The first-order chi connectivity index (χ1) is 8.19. The molecule has 3 nitrogen and oxygen atoms in total. The number of hydrogen-bond acceptors (Lipinski definition) is 3. The molecule has 1 atom stereocenters. The minimum absolute atomic E-state index is 0.321. The molecular weight excluding hydrogens is 223 g/mol. The van der Waals surface area contributed by atoms with Gasteiger partial charge in [-0.3, -0.25) is 0 Å². The van der Waals surface area contributed by atoms with E-state index in [4.69, 9.17) is 9.47 Å². The summed E-state index contributed by atoms with van der Waals surface area (Å²) in [5.74, 6) is 0.474. The van der Waals surface area contributed by atoms with E-state index < -0.39 is 6.10 Å². The molecule has 1 aliphatic rings. The molecule has 1 aromatic rings. The van der Waals surface area contributed by atoms with Gasteiger partial charge in [0.2, 0.25) is 0 Å². The van der Waals surface area contributed by atoms with Gasteiger partial charge in [0.15, 0.2) is 11.5 Å². The lowest BCUT2D eigenvalue weighted by Gasteiger charge is -2.19. The normalized spacial score (nSPS) is 19.4. The smallest absolute Gasteiger partial charge is 0.166 e. The summed E-state index contributed by atoms with van der Waals surface area (Å²) in [5.41, 5.74) is 1.12. The highest BCUT2D eigenvalue weighted by atomic mass is 19.1. The van der Waals surface area contributed by atoms with Gasteiger partial charge >= 0.3 is 0 Å². The van der Waals surface area contributed by atoms with Crippen molar-refractivity contribution in [1.29, 1.82) is 0 Å². The first kappa shape index (κ1) is 12.2. The van der Waals surface area contributed by atoms with Gasteiger partial charge in [-0.05, 0) is 24.8 Å². The van der Waals surface area contributed by atoms with Crippen molar-refractivity contribution in [3.05, 3.63) is 23.0 Å². The van der Waals surface area contributed by atoms with Gasteiger partial charge in [-0.2, -0.15) is 0 Å². The van der Waals surface area contributed by atoms with Crippen LogP contribution in [0, 0.1) is 5.82 Å². The second kappa shape index (κ2) is 4.92. The highest BCUT2D eigenvalue weighted by Gasteiger charge is 2.26. The predicted octanol–water partition coefficient (Wildman–Crippen LogP) is 2.60. The highest BCUT2D eigenvalue weighted by Crippen LogP contribution is 2.42. The highest BCUT2D eigenvalue weighted by molar-refractivity contribution is 5.53. The maximum Gasteiger partial charge on any atom is 0.166 e. The zero-order valence-corrected chi connectivity index (χ0v) is 10.1. The summed E-state index contributed by atoms with van der Waals surface area (Å²) in [4.78, 5) is 0. The van der Waals surface area contributed by atoms with E-state index in [-0.39, 0.29) is 5.82 Å². The maximum atomic E-state index is 13.9. The Bertz CT molecular complexity index is 418. The summed E-state index contributed by atoms with van der Waals surface area (Å²) in [5, 5.41) is 10.1. The number of aliphatic hydroxyl groups is 1. The van der Waals surface area contributed by atoms with Crippen LogP contribution in [0.1, 0.15) is 36.5 Å². The molecule has 1 aromatic carbocycles. The molecule has 0 aliphatic heterocycles. The lowest BCUT2D eigenvalue weighted by molar-refractivity contribution is 0.161. The average molecular weight is 240 g/mol. The average Bonchev–Trinajstić information content (AvgIpc) is 2.52. The number of hydrogen-bond donors (Lipinski definition) is 1. The summed E-state index contributed by atoms with van der Waals surface area (Å²) in [6.45, 7) is 0. The number of rotatable bonds is 2. The largest absolute Gasteiger partial charge is 0.493 e. The van der Waals surface area contributed by atoms with Crippen molar-refractivity contribution in [2.45, 2.75) is 31.8 Å². The molecule has 0 saturated heterocycles. The quantitative estimate of drug-likeness (QED) is 0.807. The molecular formula is C13H17FO3. The SMILES string of the molecule is COc1cc(F)c2c(c1OC)C(O)CCCC2. The molecule has 1 unspecified atom stereocenters. The van der Waals surface area contributed by atoms with Crippen molar-refractivity contribution >= 4 is 0 Å². The summed E-state index contributed by atoms with van der Waals surface area (Å²) in [7, 11) is 2.97. The van der Waals surface area contributed by atoms with Crippen LogP contribution in [0.5, 0.6) is 11.5 Å². The van der Waals surface area contributed by atoms with E-state index in [0.717, 1.165) is 12.8 Å². The molecule has 0 aromatic heterocycles. The first-order valence-electron chi connectivity index (χ1n) is 5.80. The molecule has 0 radical (unpaired) electrons. The standard InChI is InChI=1S/C13H17FO3/c1-16-11-7-9(14)8-5-3-4-6-10(15)12(8)13(11)17-2/h7,10,15H,3-6H2,1-2H3. The molecule has 0 heterocycles. The van der Waals surface area contributed by atoms with E-state index in [1.807, 2.05) is 0 Å². The summed E-state index contributed by atoms with van der Waals surface area (Å²) >= 11 is 0. The van der Waals surface area contributed by atoms with Gasteiger partial charge in [0.1, 0.15) is 5.82 Å². The van der Waals surface area contributed by atoms with Gasteiger partial charge in [-0.25, -0.2) is 4.39 Å². The Hall–Kier alpha value is -1.29. The van der Waals surface area contributed by atoms with Crippen LogP contribution in [0.4, 0.5) is 4.39 Å². The van der Waals surface area contributed by atoms with E-state index >= 15 is 0 Å². The number of methoxy groups -OCH3 is 2. The number of ether oxygens (including phenoxy) is 2. The summed E-state index contributed by atoms with van der Waals surface area (Å²) < 4.78 is 24.3. The summed E-state index contributed by atoms with van der Waals surface area (Å²) in [6, 6.07) is 1.33. The van der Waals surface area contributed by atoms with Crippen molar-refractivity contribution in [2.75, 3.05) is 14.2 Å². The Morgan fingerprint density at radius 2 is 2.06 bits per heavy atom. The Kier molecular flexibility index (Phi) is 3.52. The van der Waals surface area contributed by atoms with Crippen molar-refractivity contribution in [3.63, 3.8) is 0 Å². The van der Waals surface area contributed by atoms with E-state index in [9.17, 15) is 9.50 Å². The molecule has 0 saturated carbocycles. The second-order valence-corrected chi connectivity index (χ2v) is 4.25. The molecule has 17 heavy (non-hydrogen) atoms. The second-order valence-electron chi connectivity index (χ2n) is 4.25. The fourth-order valence-electron chi connectivity index (χ4n) is 2.42. The van der Waals surface area contributed by atoms with E-state index in [1.165, 1.54) is 20.3 Å². The predicted molar refractivity (Wildman–Crippen MR) is 62.0 cm³/mol. The zero-order chi connectivity index (χ0) is 12.4. The molecule has 0 spiro atoms. The van der Waals surface area contributed by atoms with Gasteiger partial charge in [0.05, 0.1) is 20.3 Å². The monoisotopic (exact) mass is 240 g/mol. The van der Waals surface area contributed by atoms with Crippen LogP contribution in [0.25, 0.3) is 0 Å². The molecule has 0 fully saturated rings. The van der Waals surface area contributed by atoms with Crippen LogP contribution < -0.4 is 9.47 Å². The Balaban J connectivity index is 2.64. The van der Waals surface area contributed by atoms with Crippen molar-refractivity contribution in [2.24, 2.45) is 0 Å². The van der Waals surface area contributed by atoms with Crippen LogP contribution in [-0.4, -0.2) is 19.3 Å². The van der Waals surface area contributed by atoms with Crippen molar-refractivity contribution < 1.29 is 19.0 Å². The summed E-state index contributed by atoms with van der Waals surface area (Å²) in [6.07, 6.45) is 2.37. The Labute approximate surface area is 100 Å². The van der Waals surface area contributed by atoms with Crippen LogP contribution in [0.15, 0.2) is 6.07 Å². The third-order valence-electron chi connectivity index (χ3n) is 3.25. The first-order valence-corrected chi connectivity index (χ1v) is 5.80. The molecule has 1 aliphatic carbocycles.